The number of carbonyl (C=O) groups excluding carboxylic acids is 1. The number of hydrogen-bond donors (Lipinski definition) is 2. The molecule has 0 aliphatic rings. The molecule has 2 rings (SSSR count). The fraction of sp³-hybridized carbons (Fsp3) is 0.0667. The molecule has 0 spiro atoms. The number of carboxylic acid groups (broad SMARTS) is 1. The molecular weight excluding hydrogens is 297 g/mol. The van der Waals surface area contributed by atoms with Gasteiger partial charge in [0.05, 0.1) is 17.7 Å². The van der Waals surface area contributed by atoms with Gasteiger partial charge in [-0.1, -0.05) is 29.8 Å². The summed E-state index contributed by atoms with van der Waals surface area (Å²) in [6, 6.07) is 10.1. The largest absolute Gasteiger partial charge is 0.478 e. The van der Waals surface area contributed by atoms with Crippen LogP contribution < -0.4 is 5.32 Å². The summed E-state index contributed by atoms with van der Waals surface area (Å²) >= 11 is 5.94. The first-order valence-electron chi connectivity index (χ1n) is 6.03. The summed E-state index contributed by atoms with van der Waals surface area (Å²) in [6.45, 7) is 0. The minimum Gasteiger partial charge on any atom is -0.478 e. The first-order valence-corrected chi connectivity index (χ1v) is 6.41. The van der Waals surface area contributed by atoms with Gasteiger partial charge in [0.2, 0.25) is 5.91 Å². The van der Waals surface area contributed by atoms with Gasteiger partial charge >= 0.3 is 5.97 Å². The van der Waals surface area contributed by atoms with Crippen molar-refractivity contribution < 1.29 is 19.1 Å². The lowest BCUT2D eigenvalue weighted by Gasteiger charge is -2.08. The van der Waals surface area contributed by atoms with Crippen molar-refractivity contribution in [1.82, 2.24) is 0 Å². The number of carboxylic acids is 1. The minimum atomic E-state index is -1.23. The molecule has 2 N–H and O–H groups in total. The number of aromatic carboxylic acids is 1. The molecule has 0 aliphatic carbocycles. The zero-order valence-electron chi connectivity index (χ0n) is 10.8. The second-order valence-electron chi connectivity index (χ2n) is 4.32. The predicted octanol–water partition coefficient (Wildman–Crippen LogP) is 3.36. The number of hydrogen-bond acceptors (Lipinski definition) is 2. The lowest BCUT2D eigenvalue weighted by molar-refractivity contribution is -0.115. The van der Waals surface area contributed by atoms with Crippen LogP contribution in [0.15, 0.2) is 42.5 Å². The van der Waals surface area contributed by atoms with Crippen LogP contribution in [0.25, 0.3) is 0 Å². The number of carbonyl (C=O) groups is 2. The van der Waals surface area contributed by atoms with Crippen LogP contribution in [0.5, 0.6) is 0 Å². The molecule has 2 aromatic carbocycles. The van der Waals surface area contributed by atoms with Crippen LogP contribution in [0.2, 0.25) is 5.02 Å². The molecule has 4 nitrogen and oxygen atoms in total. The predicted molar refractivity (Wildman–Crippen MR) is 77.1 cm³/mol. The molecule has 0 saturated heterocycles. The zero-order chi connectivity index (χ0) is 15.4. The Labute approximate surface area is 125 Å². The minimum absolute atomic E-state index is 0.000203. The lowest BCUT2D eigenvalue weighted by Crippen LogP contribution is -2.16. The van der Waals surface area contributed by atoms with Gasteiger partial charge in [0.15, 0.2) is 0 Å². The van der Waals surface area contributed by atoms with Crippen LogP contribution >= 0.6 is 11.6 Å². The van der Waals surface area contributed by atoms with Gasteiger partial charge in [-0.05, 0) is 29.8 Å². The van der Waals surface area contributed by atoms with Gasteiger partial charge in [0.25, 0.3) is 0 Å². The number of rotatable bonds is 4. The quantitative estimate of drug-likeness (QED) is 0.910. The van der Waals surface area contributed by atoms with Crippen molar-refractivity contribution in [3.63, 3.8) is 0 Å². The van der Waals surface area contributed by atoms with E-state index in [-0.39, 0.29) is 17.7 Å². The summed E-state index contributed by atoms with van der Waals surface area (Å²) in [5.74, 6) is -2.48. The molecular formula is C15H11ClFNO3. The maximum Gasteiger partial charge on any atom is 0.335 e. The van der Waals surface area contributed by atoms with Crippen molar-refractivity contribution in [2.45, 2.75) is 6.42 Å². The van der Waals surface area contributed by atoms with E-state index in [0.717, 1.165) is 6.07 Å². The van der Waals surface area contributed by atoms with Crippen molar-refractivity contribution in [2.75, 3.05) is 5.32 Å². The van der Waals surface area contributed by atoms with E-state index in [1.54, 1.807) is 24.3 Å². The van der Waals surface area contributed by atoms with Crippen molar-refractivity contribution in [3.05, 3.63) is 64.4 Å². The molecule has 0 unspecified atom stereocenters. The van der Waals surface area contributed by atoms with Crippen molar-refractivity contribution in [1.29, 1.82) is 0 Å². The van der Waals surface area contributed by atoms with E-state index in [1.165, 1.54) is 12.1 Å². The number of benzene rings is 2. The Kier molecular flexibility index (Phi) is 4.55. The van der Waals surface area contributed by atoms with E-state index in [1.807, 2.05) is 0 Å². The Morgan fingerprint density at radius 2 is 1.90 bits per heavy atom. The van der Waals surface area contributed by atoms with E-state index in [0.29, 0.717) is 10.6 Å². The van der Waals surface area contributed by atoms with Gasteiger partial charge in [-0.2, -0.15) is 0 Å². The molecule has 0 heterocycles. The molecule has 0 bridgehead atoms. The smallest absolute Gasteiger partial charge is 0.335 e. The van der Waals surface area contributed by atoms with Gasteiger partial charge in [0.1, 0.15) is 5.82 Å². The van der Waals surface area contributed by atoms with E-state index in [4.69, 9.17) is 16.7 Å². The molecule has 2 aromatic rings. The maximum absolute atomic E-state index is 13.7. The Balaban J connectivity index is 2.10. The molecule has 0 radical (unpaired) electrons. The van der Waals surface area contributed by atoms with E-state index in [2.05, 4.69) is 5.32 Å². The highest BCUT2D eigenvalue weighted by Crippen LogP contribution is 2.18. The number of amides is 1. The Morgan fingerprint density at radius 1 is 1.19 bits per heavy atom. The van der Waals surface area contributed by atoms with E-state index < -0.39 is 17.7 Å². The average Bonchev–Trinajstić information content (AvgIpc) is 2.43. The first-order chi connectivity index (χ1) is 9.97. The SMILES string of the molecule is O=C(Cc1ccccc1Cl)Nc1ccc(C(=O)O)cc1F. The normalized spacial score (nSPS) is 10.2. The monoisotopic (exact) mass is 307 g/mol. The van der Waals surface area contributed by atoms with E-state index >= 15 is 0 Å². The summed E-state index contributed by atoms with van der Waals surface area (Å²) in [6.07, 6.45) is -0.000203. The second-order valence-corrected chi connectivity index (χ2v) is 4.72. The molecule has 0 aromatic heterocycles. The van der Waals surface area contributed by atoms with Crippen molar-refractivity contribution in [2.24, 2.45) is 0 Å². The highest BCUT2D eigenvalue weighted by molar-refractivity contribution is 6.31. The standard InChI is InChI=1S/C15H11ClFNO3/c16-11-4-2-1-3-9(11)8-14(19)18-13-6-5-10(15(20)21)7-12(13)17/h1-7H,8H2,(H,18,19)(H,20,21). The summed E-state index contributed by atoms with van der Waals surface area (Å²) in [4.78, 5) is 22.5. The summed E-state index contributed by atoms with van der Waals surface area (Å²) < 4.78 is 13.7. The second kappa shape index (κ2) is 6.37. The number of nitrogens with one attached hydrogen (secondary N) is 1. The van der Waals surface area contributed by atoms with Crippen molar-refractivity contribution in [3.8, 4) is 0 Å². The van der Waals surface area contributed by atoms with Gasteiger partial charge in [0, 0.05) is 5.02 Å². The molecule has 21 heavy (non-hydrogen) atoms. The van der Waals surface area contributed by atoms with Gasteiger partial charge in [-0.3, -0.25) is 4.79 Å². The fourth-order valence-electron chi connectivity index (χ4n) is 1.76. The molecule has 108 valence electrons. The topological polar surface area (TPSA) is 66.4 Å². The fourth-order valence-corrected chi connectivity index (χ4v) is 1.96. The Bertz CT molecular complexity index is 703. The van der Waals surface area contributed by atoms with Gasteiger partial charge in [-0.15, -0.1) is 0 Å². The number of halogens is 2. The molecule has 0 aliphatic heterocycles. The lowest BCUT2D eigenvalue weighted by atomic mass is 10.1. The van der Waals surface area contributed by atoms with Gasteiger partial charge < -0.3 is 10.4 Å². The third kappa shape index (κ3) is 3.79. The van der Waals surface area contributed by atoms with Crippen LogP contribution in [0.1, 0.15) is 15.9 Å². The molecule has 6 heteroatoms. The Morgan fingerprint density at radius 3 is 2.52 bits per heavy atom. The van der Waals surface area contributed by atoms with E-state index in [9.17, 15) is 14.0 Å². The average molecular weight is 308 g/mol. The molecule has 0 saturated carbocycles. The maximum atomic E-state index is 13.7. The zero-order valence-corrected chi connectivity index (χ0v) is 11.5. The highest BCUT2D eigenvalue weighted by atomic mass is 35.5. The summed E-state index contributed by atoms with van der Waals surface area (Å²) in [5, 5.41) is 11.6. The molecule has 1 amide bonds. The third-order valence-electron chi connectivity index (χ3n) is 2.80. The third-order valence-corrected chi connectivity index (χ3v) is 3.17. The van der Waals surface area contributed by atoms with Crippen molar-refractivity contribution >= 4 is 29.2 Å². The Hall–Kier alpha value is -2.40. The summed E-state index contributed by atoms with van der Waals surface area (Å²) in [7, 11) is 0. The number of anilines is 1. The molecule has 0 fully saturated rings. The van der Waals surface area contributed by atoms with Crippen LogP contribution in [0.3, 0.4) is 0 Å². The van der Waals surface area contributed by atoms with Crippen LogP contribution in [-0.2, 0) is 11.2 Å². The highest BCUT2D eigenvalue weighted by Gasteiger charge is 2.12. The van der Waals surface area contributed by atoms with Gasteiger partial charge in [-0.25, -0.2) is 9.18 Å². The molecule has 0 atom stereocenters. The first kappa shape index (κ1) is 15.0. The van der Waals surface area contributed by atoms with Crippen LogP contribution in [0.4, 0.5) is 10.1 Å². The van der Waals surface area contributed by atoms with Crippen LogP contribution in [0, 0.1) is 5.82 Å². The van der Waals surface area contributed by atoms with Crippen LogP contribution in [-0.4, -0.2) is 17.0 Å². The summed E-state index contributed by atoms with van der Waals surface area (Å²) in [5.41, 5.74) is 0.368.